The predicted octanol–water partition coefficient (Wildman–Crippen LogP) is 8.79. The Morgan fingerprint density at radius 3 is 1.86 bits per heavy atom. The summed E-state index contributed by atoms with van der Waals surface area (Å²) in [5.74, 6) is 0. The van der Waals surface area contributed by atoms with Crippen molar-refractivity contribution in [1.82, 2.24) is 0 Å². The molecular weight excluding hydrogens is 414 g/mol. The molecule has 0 bridgehead atoms. The van der Waals surface area contributed by atoms with Crippen molar-refractivity contribution in [2.45, 2.75) is 104 Å². The zero-order chi connectivity index (χ0) is 20.5. The average molecular weight is 454 g/mol. The molecule has 1 aromatic carbocycles. The Hall–Kier alpha value is -1.03. The number of hydrogen-bond donors (Lipinski definition) is 1. The van der Waals surface area contributed by atoms with Crippen LogP contribution in [0, 0.1) is 6.92 Å². The first-order valence-electron chi connectivity index (χ1n) is 11.3. The number of benzene rings is 1. The lowest BCUT2D eigenvalue weighted by atomic mass is 10.0. The highest BCUT2D eigenvalue weighted by molar-refractivity contribution is 9.10. The van der Waals surface area contributed by atoms with Gasteiger partial charge >= 0.3 is 6.09 Å². The van der Waals surface area contributed by atoms with Crippen LogP contribution in [0.15, 0.2) is 22.7 Å². The molecule has 0 spiro atoms. The van der Waals surface area contributed by atoms with Crippen molar-refractivity contribution in [2.75, 3.05) is 11.9 Å². The van der Waals surface area contributed by atoms with E-state index in [1.807, 2.05) is 25.1 Å². The first kappa shape index (κ1) is 25.0. The number of aryl methyl sites for hydroxylation is 1. The van der Waals surface area contributed by atoms with Gasteiger partial charge in [-0.05, 0) is 47.0 Å². The van der Waals surface area contributed by atoms with E-state index < -0.39 is 0 Å². The zero-order valence-electron chi connectivity index (χ0n) is 18.0. The van der Waals surface area contributed by atoms with Gasteiger partial charge in [-0.3, -0.25) is 5.32 Å². The van der Waals surface area contributed by atoms with Crippen molar-refractivity contribution in [3.8, 4) is 0 Å². The van der Waals surface area contributed by atoms with Crippen molar-refractivity contribution >= 4 is 27.7 Å². The van der Waals surface area contributed by atoms with Crippen LogP contribution < -0.4 is 5.32 Å². The second-order valence-corrected chi connectivity index (χ2v) is 8.69. The van der Waals surface area contributed by atoms with Gasteiger partial charge in [-0.1, -0.05) is 96.5 Å². The minimum atomic E-state index is -0.376. The average Bonchev–Trinajstić information content (AvgIpc) is 2.67. The van der Waals surface area contributed by atoms with Gasteiger partial charge in [0.2, 0.25) is 0 Å². The lowest BCUT2D eigenvalue weighted by molar-refractivity contribution is 0.159. The van der Waals surface area contributed by atoms with Gasteiger partial charge in [0, 0.05) is 4.47 Å². The lowest BCUT2D eigenvalue weighted by Crippen LogP contribution is -2.14. The number of halogens is 1. The highest BCUT2D eigenvalue weighted by Gasteiger charge is 2.06. The van der Waals surface area contributed by atoms with Gasteiger partial charge in [-0.15, -0.1) is 0 Å². The number of hydrogen-bond acceptors (Lipinski definition) is 2. The fourth-order valence-electron chi connectivity index (χ4n) is 3.33. The summed E-state index contributed by atoms with van der Waals surface area (Å²) < 4.78 is 6.14. The van der Waals surface area contributed by atoms with Crippen LogP contribution in [0.2, 0.25) is 0 Å². The van der Waals surface area contributed by atoms with E-state index in [0.29, 0.717) is 6.61 Å². The fourth-order valence-corrected chi connectivity index (χ4v) is 3.92. The Labute approximate surface area is 181 Å². The Morgan fingerprint density at radius 1 is 0.857 bits per heavy atom. The molecule has 0 heterocycles. The van der Waals surface area contributed by atoms with E-state index in [4.69, 9.17) is 4.74 Å². The summed E-state index contributed by atoms with van der Waals surface area (Å²) in [6.45, 7) is 4.78. The summed E-state index contributed by atoms with van der Waals surface area (Å²) in [6, 6.07) is 5.82. The zero-order valence-corrected chi connectivity index (χ0v) is 19.6. The first-order chi connectivity index (χ1) is 13.6. The van der Waals surface area contributed by atoms with Crippen molar-refractivity contribution in [2.24, 2.45) is 0 Å². The molecule has 0 aromatic heterocycles. The molecule has 1 amide bonds. The normalized spacial score (nSPS) is 10.8. The standard InChI is InChI=1S/C24H40BrNO2/c1-3-4-5-6-7-8-9-10-11-12-13-14-15-16-19-28-24(27)26-23-18-17-21(2)20-22(23)25/h17-18,20H,3-16,19H2,1-2H3,(H,26,27). The fraction of sp³-hybridized carbons (Fsp3) is 0.708. The summed E-state index contributed by atoms with van der Waals surface area (Å²) in [5.41, 5.74) is 1.89. The molecule has 160 valence electrons. The molecule has 1 aromatic rings. The summed E-state index contributed by atoms with van der Waals surface area (Å²) in [6.07, 6.45) is 18.2. The molecule has 28 heavy (non-hydrogen) atoms. The molecule has 0 atom stereocenters. The van der Waals surface area contributed by atoms with Gasteiger partial charge in [0.25, 0.3) is 0 Å². The van der Waals surface area contributed by atoms with E-state index in [9.17, 15) is 4.79 Å². The molecule has 0 radical (unpaired) electrons. The van der Waals surface area contributed by atoms with Crippen LogP contribution in [0.25, 0.3) is 0 Å². The highest BCUT2D eigenvalue weighted by Crippen LogP contribution is 2.23. The molecule has 1 rings (SSSR count). The SMILES string of the molecule is CCCCCCCCCCCCCCCCOC(=O)Nc1ccc(C)cc1Br. The molecule has 0 aliphatic rings. The van der Waals surface area contributed by atoms with Gasteiger partial charge in [0.15, 0.2) is 0 Å². The van der Waals surface area contributed by atoms with Crippen molar-refractivity contribution in [3.63, 3.8) is 0 Å². The monoisotopic (exact) mass is 453 g/mol. The lowest BCUT2D eigenvalue weighted by Gasteiger charge is -2.09. The maximum Gasteiger partial charge on any atom is 0.411 e. The van der Waals surface area contributed by atoms with Gasteiger partial charge in [-0.2, -0.15) is 0 Å². The van der Waals surface area contributed by atoms with E-state index in [2.05, 4.69) is 28.2 Å². The third-order valence-corrected chi connectivity index (χ3v) is 5.75. The minimum Gasteiger partial charge on any atom is -0.449 e. The third kappa shape index (κ3) is 13.2. The maximum atomic E-state index is 11.8. The second kappa shape index (κ2) is 16.9. The molecule has 4 heteroatoms. The highest BCUT2D eigenvalue weighted by atomic mass is 79.9. The van der Waals surface area contributed by atoms with Crippen molar-refractivity contribution < 1.29 is 9.53 Å². The molecule has 0 aliphatic heterocycles. The summed E-state index contributed by atoms with van der Waals surface area (Å²) in [4.78, 5) is 11.8. The van der Waals surface area contributed by atoms with Crippen LogP contribution in [0.5, 0.6) is 0 Å². The number of carbonyl (C=O) groups is 1. The number of carbonyl (C=O) groups excluding carboxylic acids is 1. The van der Waals surface area contributed by atoms with Gasteiger partial charge in [-0.25, -0.2) is 4.79 Å². The van der Waals surface area contributed by atoms with Crippen LogP contribution in [0.1, 0.15) is 102 Å². The summed E-state index contributed by atoms with van der Waals surface area (Å²) in [5, 5.41) is 2.78. The number of anilines is 1. The largest absolute Gasteiger partial charge is 0.449 e. The Morgan fingerprint density at radius 2 is 1.36 bits per heavy atom. The topological polar surface area (TPSA) is 38.3 Å². The maximum absolute atomic E-state index is 11.8. The van der Waals surface area contributed by atoms with Crippen LogP contribution in [0.4, 0.5) is 10.5 Å². The molecular formula is C24H40BrNO2. The Balaban J connectivity index is 1.86. The van der Waals surface area contributed by atoms with E-state index >= 15 is 0 Å². The Kier molecular flexibility index (Phi) is 15.1. The molecule has 3 nitrogen and oxygen atoms in total. The van der Waals surface area contributed by atoms with Gasteiger partial charge in [0.05, 0.1) is 12.3 Å². The van der Waals surface area contributed by atoms with E-state index in [0.717, 1.165) is 28.6 Å². The number of ether oxygens (including phenoxy) is 1. The van der Waals surface area contributed by atoms with Crippen LogP contribution in [-0.4, -0.2) is 12.7 Å². The molecule has 1 N–H and O–H groups in total. The summed E-state index contributed by atoms with van der Waals surface area (Å²) >= 11 is 3.45. The number of unbranched alkanes of at least 4 members (excludes halogenated alkanes) is 13. The van der Waals surface area contributed by atoms with Crippen LogP contribution in [-0.2, 0) is 4.74 Å². The van der Waals surface area contributed by atoms with Gasteiger partial charge < -0.3 is 4.74 Å². The molecule has 0 aliphatic carbocycles. The van der Waals surface area contributed by atoms with Gasteiger partial charge in [0.1, 0.15) is 0 Å². The van der Waals surface area contributed by atoms with Crippen LogP contribution in [0.3, 0.4) is 0 Å². The van der Waals surface area contributed by atoms with Crippen molar-refractivity contribution in [1.29, 1.82) is 0 Å². The summed E-state index contributed by atoms with van der Waals surface area (Å²) in [7, 11) is 0. The predicted molar refractivity (Wildman–Crippen MR) is 124 cm³/mol. The van der Waals surface area contributed by atoms with Crippen LogP contribution >= 0.6 is 15.9 Å². The molecule has 0 unspecified atom stereocenters. The number of rotatable bonds is 16. The molecule has 0 saturated carbocycles. The first-order valence-corrected chi connectivity index (χ1v) is 12.1. The molecule has 0 fully saturated rings. The third-order valence-electron chi connectivity index (χ3n) is 5.09. The quantitative estimate of drug-likeness (QED) is 0.254. The smallest absolute Gasteiger partial charge is 0.411 e. The Bertz CT molecular complexity index is 533. The number of amides is 1. The van der Waals surface area contributed by atoms with Crippen molar-refractivity contribution in [3.05, 3.63) is 28.2 Å². The van der Waals surface area contributed by atoms with E-state index in [1.54, 1.807) is 0 Å². The second-order valence-electron chi connectivity index (χ2n) is 7.84. The van der Waals surface area contributed by atoms with E-state index in [-0.39, 0.29) is 6.09 Å². The van der Waals surface area contributed by atoms with E-state index in [1.165, 1.54) is 77.0 Å². The molecule has 0 saturated heterocycles. The minimum absolute atomic E-state index is 0.376. The number of nitrogens with one attached hydrogen (secondary N) is 1.